The third-order valence-electron chi connectivity index (χ3n) is 4.40. The number of carbonyl (C=O) groups excluding carboxylic acids is 1. The van der Waals surface area contributed by atoms with Crippen LogP contribution in [0.1, 0.15) is 53.4 Å². The van der Waals surface area contributed by atoms with Crippen molar-refractivity contribution in [1.29, 1.82) is 0 Å². The molecule has 0 radical (unpaired) electrons. The lowest BCUT2D eigenvalue weighted by Crippen LogP contribution is -2.06. The molecule has 20 heavy (non-hydrogen) atoms. The summed E-state index contributed by atoms with van der Waals surface area (Å²) in [6.07, 6.45) is 8.94. The Labute approximate surface area is 121 Å². The maximum atomic E-state index is 11.1. The van der Waals surface area contributed by atoms with Crippen LogP contribution in [0, 0.1) is 17.3 Å². The van der Waals surface area contributed by atoms with Crippen LogP contribution in [0.15, 0.2) is 23.3 Å². The molecule has 1 rings (SSSR count). The first-order valence-electron chi connectivity index (χ1n) is 7.30. The number of carboxylic acid groups (broad SMARTS) is 1. The fourth-order valence-corrected chi connectivity index (χ4v) is 2.91. The highest BCUT2D eigenvalue weighted by Gasteiger charge is 2.64. The average molecular weight is 278 g/mol. The monoisotopic (exact) mass is 278 g/mol. The van der Waals surface area contributed by atoms with Crippen molar-refractivity contribution in [1.82, 2.24) is 0 Å². The molecule has 0 aromatic rings. The molecule has 0 aromatic carbocycles. The molecule has 1 aliphatic rings. The van der Waals surface area contributed by atoms with E-state index in [1.54, 1.807) is 0 Å². The van der Waals surface area contributed by atoms with Gasteiger partial charge in [-0.25, -0.2) is 0 Å². The van der Waals surface area contributed by atoms with Crippen LogP contribution in [0.2, 0.25) is 0 Å². The van der Waals surface area contributed by atoms with Gasteiger partial charge < -0.3 is 9.90 Å². The molecular formula is C17H26O3. The van der Waals surface area contributed by atoms with E-state index in [1.807, 2.05) is 6.92 Å². The zero-order valence-corrected chi connectivity index (χ0v) is 13.0. The first-order valence-corrected chi connectivity index (χ1v) is 7.30. The lowest BCUT2D eigenvalue weighted by Gasteiger charge is -2.08. The zero-order chi connectivity index (χ0) is 15.3. The first kappa shape index (κ1) is 16.7. The van der Waals surface area contributed by atoms with Crippen LogP contribution in [-0.4, -0.2) is 17.4 Å². The van der Waals surface area contributed by atoms with E-state index < -0.39 is 11.9 Å². The van der Waals surface area contributed by atoms with Crippen LogP contribution in [0.3, 0.4) is 0 Å². The van der Waals surface area contributed by atoms with Crippen LogP contribution < -0.4 is 0 Å². The molecule has 0 bridgehead atoms. The number of aldehydes is 1. The summed E-state index contributed by atoms with van der Waals surface area (Å²) in [6, 6.07) is 0. The summed E-state index contributed by atoms with van der Waals surface area (Å²) in [5.74, 6) is -1.63. The number of aliphatic carboxylic acids is 1. The van der Waals surface area contributed by atoms with E-state index in [4.69, 9.17) is 5.11 Å². The van der Waals surface area contributed by atoms with Crippen molar-refractivity contribution in [3.05, 3.63) is 23.3 Å². The Morgan fingerprint density at radius 1 is 1.20 bits per heavy atom. The molecule has 0 unspecified atom stereocenters. The molecule has 1 N–H and O–H groups in total. The van der Waals surface area contributed by atoms with E-state index in [1.165, 1.54) is 11.1 Å². The fourth-order valence-electron chi connectivity index (χ4n) is 2.91. The molecule has 1 fully saturated rings. The Kier molecular flexibility index (Phi) is 5.73. The van der Waals surface area contributed by atoms with Gasteiger partial charge in [0, 0.05) is 5.92 Å². The first-order chi connectivity index (χ1) is 9.32. The molecular weight excluding hydrogens is 252 g/mol. The van der Waals surface area contributed by atoms with Crippen LogP contribution in [0.25, 0.3) is 0 Å². The van der Waals surface area contributed by atoms with Crippen molar-refractivity contribution < 1.29 is 14.7 Å². The standard InChI is InChI=1S/C17H26O3/c1-12(2)7-5-8-13(3)9-6-10-17(4)14(11-18)15(17)16(19)20/h7,9,11,14-15H,5-6,8,10H2,1-4H3,(H,19,20)/b13-9+/t14-,15+,17-/m1/s1. The summed E-state index contributed by atoms with van der Waals surface area (Å²) < 4.78 is 0. The van der Waals surface area contributed by atoms with E-state index in [0.29, 0.717) is 0 Å². The molecule has 0 amide bonds. The molecule has 1 aliphatic carbocycles. The van der Waals surface area contributed by atoms with Crippen LogP contribution in [0.5, 0.6) is 0 Å². The second-order valence-corrected chi connectivity index (χ2v) is 6.39. The minimum Gasteiger partial charge on any atom is -0.481 e. The summed E-state index contributed by atoms with van der Waals surface area (Å²) in [7, 11) is 0. The van der Waals surface area contributed by atoms with Gasteiger partial charge in [-0.15, -0.1) is 0 Å². The second kappa shape index (κ2) is 6.87. The van der Waals surface area contributed by atoms with Crippen LogP contribution in [0.4, 0.5) is 0 Å². The topological polar surface area (TPSA) is 54.4 Å². The summed E-state index contributed by atoms with van der Waals surface area (Å²) >= 11 is 0. The van der Waals surface area contributed by atoms with Gasteiger partial charge in [0.15, 0.2) is 0 Å². The lowest BCUT2D eigenvalue weighted by molar-refractivity contribution is -0.140. The third-order valence-corrected chi connectivity index (χ3v) is 4.40. The number of rotatable bonds is 8. The van der Waals surface area contributed by atoms with Crippen molar-refractivity contribution in [3.8, 4) is 0 Å². The largest absolute Gasteiger partial charge is 0.481 e. The van der Waals surface area contributed by atoms with Gasteiger partial charge in [-0.2, -0.15) is 0 Å². The minimum atomic E-state index is -0.839. The number of hydrogen-bond acceptors (Lipinski definition) is 2. The molecule has 3 atom stereocenters. The Bertz CT molecular complexity index is 430. The van der Waals surface area contributed by atoms with Gasteiger partial charge in [0.25, 0.3) is 0 Å². The van der Waals surface area contributed by atoms with Crippen molar-refractivity contribution in [3.63, 3.8) is 0 Å². The highest BCUT2D eigenvalue weighted by Crippen LogP contribution is 2.60. The molecule has 0 aliphatic heterocycles. The van der Waals surface area contributed by atoms with Crippen LogP contribution in [-0.2, 0) is 9.59 Å². The molecule has 112 valence electrons. The van der Waals surface area contributed by atoms with Crippen molar-refractivity contribution in [2.24, 2.45) is 17.3 Å². The average Bonchev–Trinajstić information content (AvgIpc) is 2.94. The minimum absolute atomic E-state index is 0.306. The number of carboxylic acids is 1. The summed E-state index contributed by atoms with van der Waals surface area (Å²) in [5.41, 5.74) is 2.33. The summed E-state index contributed by atoms with van der Waals surface area (Å²) in [5, 5.41) is 9.09. The zero-order valence-electron chi connectivity index (χ0n) is 13.0. The smallest absolute Gasteiger partial charge is 0.307 e. The van der Waals surface area contributed by atoms with Gasteiger partial charge >= 0.3 is 5.97 Å². The molecule has 0 saturated heterocycles. The second-order valence-electron chi connectivity index (χ2n) is 6.39. The predicted octanol–water partition coefficient (Wildman–Crippen LogP) is 4.00. The van der Waals surface area contributed by atoms with E-state index in [9.17, 15) is 9.59 Å². The maximum Gasteiger partial charge on any atom is 0.307 e. The van der Waals surface area contributed by atoms with Crippen molar-refractivity contribution in [2.45, 2.75) is 53.4 Å². The van der Waals surface area contributed by atoms with Gasteiger partial charge in [-0.3, -0.25) is 4.79 Å². The molecule has 0 heterocycles. The van der Waals surface area contributed by atoms with Gasteiger partial charge in [0.1, 0.15) is 6.29 Å². The summed E-state index contributed by atoms with van der Waals surface area (Å²) in [4.78, 5) is 22.0. The van der Waals surface area contributed by atoms with E-state index in [0.717, 1.165) is 32.0 Å². The molecule has 1 saturated carbocycles. The normalized spacial score (nSPS) is 28.9. The highest BCUT2D eigenvalue weighted by molar-refractivity contribution is 5.82. The van der Waals surface area contributed by atoms with E-state index >= 15 is 0 Å². The molecule has 0 aromatic heterocycles. The van der Waals surface area contributed by atoms with Gasteiger partial charge in [-0.1, -0.05) is 30.2 Å². The molecule has 3 heteroatoms. The number of allylic oxidation sites excluding steroid dienone is 4. The lowest BCUT2D eigenvalue weighted by atomic mass is 9.96. The molecule has 0 spiro atoms. The van der Waals surface area contributed by atoms with E-state index in [2.05, 4.69) is 32.9 Å². The quantitative estimate of drug-likeness (QED) is 0.539. The van der Waals surface area contributed by atoms with Gasteiger partial charge in [-0.05, 0) is 51.9 Å². The highest BCUT2D eigenvalue weighted by atomic mass is 16.4. The van der Waals surface area contributed by atoms with E-state index in [-0.39, 0.29) is 11.3 Å². The van der Waals surface area contributed by atoms with Crippen LogP contribution >= 0.6 is 0 Å². The Balaban J connectivity index is 2.42. The fraction of sp³-hybridized carbons (Fsp3) is 0.647. The van der Waals surface area contributed by atoms with Gasteiger partial charge in [0.2, 0.25) is 0 Å². The van der Waals surface area contributed by atoms with Crippen molar-refractivity contribution in [2.75, 3.05) is 0 Å². The predicted molar refractivity (Wildman–Crippen MR) is 80.4 cm³/mol. The van der Waals surface area contributed by atoms with Gasteiger partial charge in [0.05, 0.1) is 5.92 Å². The SMILES string of the molecule is CC(C)=CCC/C(C)=C/CC[C@]1(C)[C@H](C=O)[C@H]1C(=O)O. The Hall–Kier alpha value is -1.38. The maximum absolute atomic E-state index is 11.1. The Morgan fingerprint density at radius 2 is 1.85 bits per heavy atom. The third kappa shape index (κ3) is 4.06. The number of hydrogen-bond donors (Lipinski definition) is 1. The van der Waals surface area contributed by atoms with Crippen molar-refractivity contribution >= 4 is 12.3 Å². The molecule has 3 nitrogen and oxygen atoms in total. The number of carbonyl (C=O) groups is 2. The Morgan fingerprint density at radius 3 is 2.30 bits per heavy atom. The summed E-state index contributed by atoms with van der Waals surface area (Å²) in [6.45, 7) is 8.22.